The van der Waals surface area contributed by atoms with Crippen LogP contribution in [0.4, 0.5) is 0 Å². The summed E-state index contributed by atoms with van der Waals surface area (Å²) in [7, 11) is 3.94. The molecule has 6 heteroatoms. The van der Waals surface area contributed by atoms with E-state index in [0.717, 1.165) is 12.4 Å². The predicted octanol–water partition coefficient (Wildman–Crippen LogP) is 1.35. The van der Waals surface area contributed by atoms with Gasteiger partial charge in [0.05, 0.1) is 13.6 Å². The molecule has 1 heterocycles. The summed E-state index contributed by atoms with van der Waals surface area (Å²) < 4.78 is 0. The molecule has 1 aromatic heterocycles. The molecule has 0 radical (unpaired) electrons. The normalized spacial score (nSPS) is 26.2. The van der Waals surface area contributed by atoms with Gasteiger partial charge in [0.1, 0.15) is 0 Å². The second-order valence-electron chi connectivity index (χ2n) is 4.48. The van der Waals surface area contributed by atoms with Crippen molar-refractivity contribution in [1.29, 1.82) is 0 Å². The van der Waals surface area contributed by atoms with Gasteiger partial charge in [-0.2, -0.15) is 4.80 Å². The van der Waals surface area contributed by atoms with Gasteiger partial charge in [0.25, 0.3) is 0 Å². The Morgan fingerprint density at radius 1 is 1.44 bits per heavy atom. The molecule has 90 valence electrons. The van der Waals surface area contributed by atoms with Gasteiger partial charge in [-0.3, -0.25) is 4.90 Å². The molecule has 2 unspecified atom stereocenters. The third kappa shape index (κ3) is 2.79. The van der Waals surface area contributed by atoms with Crippen molar-refractivity contribution in [2.45, 2.75) is 43.1 Å². The lowest BCUT2D eigenvalue weighted by atomic mass is 9.94. The highest BCUT2D eigenvalue weighted by atomic mass is 79.9. The molecule has 0 aromatic carbocycles. The number of rotatable bonds is 3. The summed E-state index contributed by atoms with van der Waals surface area (Å²) >= 11 is 3.77. The zero-order chi connectivity index (χ0) is 11.5. The van der Waals surface area contributed by atoms with Gasteiger partial charge in [-0.05, 0) is 25.1 Å². The summed E-state index contributed by atoms with van der Waals surface area (Å²) in [6.07, 6.45) is 5.18. The minimum absolute atomic E-state index is 0.595. The monoisotopic (exact) mass is 287 g/mol. The van der Waals surface area contributed by atoms with Crippen LogP contribution < -0.4 is 0 Å². The fraction of sp³-hybridized carbons (Fsp3) is 0.900. The van der Waals surface area contributed by atoms with E-state index in [9.17, 15) is 0 Å². The first-order valence-electron chi connectivity index (χ1n) is 5.74. The van der Waals surface area contributed by atoms with E-state index in [2.05, 4.69) is 43.3 Å². The van der Waals surface area contributed by atoms with E-state index in [1.807, 2.05) is 0 Å². The van der Waals surface area contributed by atoms with Gasteiger partial charge in [-0.25, -0.2) is 0 Å². The van der Waals surface area contributed by atoms with E-state index in [1.54, 1.807) is 7.05 Å². The quantitative estimate of drug-likeness (QED) is 0.788. The fourth-order valence-electron chi connectivity index (χ4n) is 2.29. The van der Waals surface area contributed by atoms with Crippen LogP contribution in [0.2, 0.25) is 0 Å². The number of aromatic nitrogens is 4. The minimum atomic E-state index is 0.595. The molecule has 1 aliphatic rings. The fourth-order valence-corrected chi connectivity index (χ4v) is 3.28. The molecule has 1 aliphatic carbocycles. The zero-order valence-electron chi connectivity index (χ0n) is 9.80. The van der Waals surface area contributed by atoms with Gasteiger partial charge < -0.3 is 0 Å². The van der Waals surface area contributed by atoms with E-state index in [-0.39, 0.29) is 0 Å². The molecule has 0 aliphatic heterocycles. The lowest BCUT2D eigenvalue weighted by Crippen LogP contribution is -2.40. The van der Waals surface area contributed by atoms with Crippen molar-refractivity contribution in [3.8, 4) is 0 Å². The van der Waals surface area contributed by atoms with Crippen LogP contribution in [0.5, 0.6) is 0 Å². The van der Waals surface area contributed by atoms with E-state index in [0.29, 0.717) is 10.9 Å². The van der Waals surface area contributed by atoms with Crippen LogP contribution in [0.15, 0.2) is 0 Å². The number of halogens is 1. The summed E-state index contributed by atoms with van der Waals surface area (Å²) in [5.41, 5.74) is 0. The summed E-state index contributed by atoms with van der Waals surface area (Å²) in [6, 6.07) is 0.595. The molecule has 2 atom stereocenters. The topological polar surface area (TPSA) is 46.8 Å². The average molecular weight is 288 g/mol. The highest BCUT2D eigenvalue weighted by molar-refractivity contribution is 9.09. The maximum atomic E-state index is 4.21. The van der Waals surface area contributed by atoms with Gasteiger partial charge in [-0.1, -0.05) is 28.8 Å². The maximum absolute atomic E-state index is 4.21. The van der Waals surface area contributed by atoms with Crippen LogP contribution in [0.25, 0.3) is 0 Å². The lowest BCUT2D eigenvalue weighted by Gasteiger charge is -2.34. The number of alkyl halides is 1. The Labute approximate surface area is 104 Å². The summed E-state index contributed by atoms with van der Waals surface area (Å²) in [5.74, 6) is 0.801. The molecule has 0 N–H and O–H groups in total. The molecule has 2 rings (SSSR count). The van der Waals surface area contributed by atoms with Crippen molar-refractivity contribution < 1.29 is 0 Å². The summed E-state index contributed by atoms with van der Waals surface area (Å²) in [5, 5.41) is 12.1. The number of nitrogens with zero attached hydrogens (tertiary/aromatic N) is 5. The first-order chi connectivity index (χ1) is 7.66. The van der Waals surface area contributed by atoms with Gasteiger partial charge in [0.15, 0.2) is 5.82 Å². The molecule has 1 aromatic rings. The lowest BCUT2D eigenvalue weighted by molar-refractivity contribution is 0.189. The smallest absolute Gasteiger partial charge is 0.188 e. The van der Waals surface area contributed by atoms with Crippen molar-refractivity contribution in [2.75, 3.05) is 7.05 Å². The SMILES string of the molecule is CN(Cc1nnn(C)n1)C1CCCCC1Br. The van der Waals surface area contributed by atoms with Crippen molar-refractivity contribution in [1.82, 2.24) is 25.1 Å². The number of hydrogen-bond acceptors (Lipinski definition) is 4. The molecule has 0 amide bonds. The highest BCUT2D eigenvalue weighted by Crippen LogP contribution is 2.28. The van der Waals surface area contributed by atoms with Crippen molar-refractivity contribution in [3.05, 3.63) is 5.82 Å². The highest BCUT2D eigenvalue weighted by Gasteiger charge is 2.26. The second-order valence-corrected chi connectivity index (χ2v) is 5.65. The molecule has 0 saturated heterocycles. The first kappa shape index (κ1) is 12.0. The van der Waals surface area contributed by atoms with Crippen LogP contribution in [0.3, 0.4) is 0 Å². The molecule has 1 saturated carbocycles. The molecule has 5 nitrogen and oxygen atoms in total. The van der Waals surface area contributed by atoms with E-state index < -0.39 is 0 Å². The molecular weight excluding hydrogens is 270 g/mol. The maximum Gasteiger partial charge on any atom is 0.188 e. The molecule has 1 fully saturated rings. The Morgan fingerprint density at radius 2 is 2.19 bits per heavy atom. The second kappa shape index (κ2) is 5.23. The van der Waals surface area contributed by atoms with Crippen LogP contribution in [-0.2, 0) is 13.6 Å². The molecular formula is C10H18BrN5. The van der Waals surface area contributed by atoms with E-state index in [1.165, 1.54) is 30.5 Å². The molecule has 0 bridgehead atoms. The number of hydrogen-bond donors (Lipinski definition) is 0. The van der Waals surface area contributed by atoms with Crippen LogP contribution >= 0.6 is 15.9 Å². The average Bonchev–Trinajstić information content (AvgIpc) is 2.64. The minimum Gasteiger partial charge on any atom is -0.295 e. The van der Waals surface area contributed by atoms with Gasteiger partial charge in [0, 0.05) is 10.9 Å². The van der Waals surface area contributed by atoms with Gasteiger partial charge >= 0.3 is 0 Å². The van der Waals surface area contributed by atoms with E-state index in [4.69, 9.17) is 0 Å². The largest absolute Gasteiger partial charge is 0.295 e. The third-order valence-corrected chi connectivity index (χ3v) is 4.22. The first-order valence-corrected chi connectivity index (χ1v) is 6.65. The Kier molecular flexibility index (Phi) is 3.91. The Bertz CT molecular complexity index is 340. The zero-order valence-corrected chi connectivity index (χ0v) is 11.4. The molecule has 0 spiro atoms. The Hall–Kier alpha value is -0.490. The Balaban J connectivity index is 1.93. The van der Waals surface area contributed by atoms with Gasteiger partial charge in [0.2, 0.25) is 0 Å². The van der Waals surface area contributed by atoms with Crippen LogP contribution in [0, 0.1) is 0 Å². The van der Waals surface area contributed by atoms with Crippen LogP contribution in [-0.4, -0.2) is 43.0 Å². The number of tetrazole rings is 1. The molecule has 16 heavy (non-hydrogen) atoms. The Morgan fingerprint density at radius 3 is 2.81 bits per heavy atom. The van der Waals surface area contributed by atoms with Crippen LogP contribution in [0.1, 0.15) is 31.5 Å². The van der Waals surface area contributed by atoms with Gasteiger partial charge in [-0.15, -0.1) is 10.2 Å². The van der Waals surface area contributed by atoms with Crippen molar-refractivity contribution in [2.24, 2.45) is 7.05 Å². The summed E-state index contributed by atoms with van der Waals surface area (Å²) in [6.45, 7) is 0.778. The van der Waals surface area contributed by atoms with Crippen molar-refractivity contribution >= 4 is 15.9 Å². The van der Waals surface area contributed by atoms with Crippen molar-refractivity contribution in [3.63, 3.8) is 0 Å². The standard InChI is InChI=1S/C10H18BrN5/c1-15(7-10-12-14-16(2)13-10)9-6-4-3-5-8(9)11/h8-9H,3-7H2,1-2H3. The third-order valence-electron chi connectivity index (χ3n) is 3.15. The predicted molar refractivity (Wildman–Crippen MR) is 65.2 cm³/mol. The van der Waals surface area contributed by atoms with E-state index >= 15 is 0 Å². The summed E-state index contributed by atoms with van der Waals surface area (Å²) in [4.78, 5) is 4.44. The number of aryl methyl sites for hydroxylation is 1.